The highest BCUT2D eigenvalue weighted by Gasteiger charge is 2.33. The molecule has 0 bridgehead atoms. The van der Waals surface area contributed by atoms with E-state index in [2.05, 4.69) is 0 Å². The van der Waals surface area contributed by atoms with Crippen molar-refractivity contribution in [3.8, 4) is 23.1 Å². The molecule has 0 N–H and O–H groups in total. The Bertz CT molecular complexity index is 1530. The Labute approximate surface area is 234 Å². The molecule has 0 spiro atoms. The normalized spacial score (nSPS) is 13.8. The predicted octanol–water partition coefficient (Wildman–Crippen LogP) is 6.43. The Morgan fingerprint density at radius 3 is 2.12 bits per heavy atom. The van der Waals surface area contributed by atoms with Crippen molar-refractivity contribution in [2.75, 3.05) is 33.3 Å². The van der Waals surface area contributed by atoms with Crippen LogP contribution in [0.1, 0.15) is 36.7 Å². The van der Waals surface area contributed by atoms with Crippen LogP contribution in [0.2, 0.25) is 0 Å². The maximum Gasteiger partial charge on any atom is 0.410 e. The Kier molecular flexibility index (Phi) is 7.43. The first-order valence-corrected chi connectivity index (χ1v) is 13.4. The van der Waals surface area contributed by atoms with Gasteiger partial charge in [0.1, 0.15) is 22.7 Å². The molecule has 0 unspecified atom stereocenters. The minimum Gasteiger partial charge on any atom is -0.497 e. The van der Waals surface area contributed by atoms with Gasteiger partial charge < -0.3 is 24.0 Å². The number of methoxy groups -OCH3 is 1. The van der Waals surface area contributed by atoms with Crippen molar-refractivity contribution in [1.29, 1.82) is 0 Å². The molecule has 0 aliphatic carbocycles. The van der Waals surface area contributed by atoms with Crippen molar-refractivity contribution in [3.05, 3.63) is 83.9 Å². The van der Waals surface area contributed by atoms with Gasteiger partial charge in [-0.3, -0.25) is 9.36 Å². The molecule has 0 saturated carbocycles. The zero-order chi connectivity index (χ0) is 28.4. The van der Waals surface area contributed by atoms with Crippen molar-refractivity contribution in [2.45, 2.75) is 33.3 Å². The lowest BCUT2D eigenvalue weighted by molar-refractivity contribution is 0.0140. The summed E-state index contributed by atoms with van der Waals surface area (Å²) in [5.41, 5.74) is 2.50. The molecule has 4 aromatic rings. The van der Waals surface area contributed by atoms with Crippen LogP contribution in [0.15, 0.2) is 72.8 Å². The SMILES string of the molecule is COc1ccc2c(C(=O)N3CCN(C(=O)OC(C)(C)C)CC3)c(Oc3ccccc3C)n(-c3ccccc3)c2c1. The van der Waals surface area contributed by atoms with Gasteiger partial charge in [0.2, 0.25) is 5.88 Å². The van der Waals surface area contributed by atoms with Crippen molar-refractivity contribution in [3.63, 3.8) is 0 Å². The molecule has 1 aliphatic heterocycles. The minimum atomic E-state index is -0.577. The average molecular weight is 542 g/mol. The highest BCUT2D eigenvalue weighted by Crippen LogP contribution is 2.40. The van der Waals surface area contributed by atoms with Gasteiger partial charge in [0.05, 0.1) is 12.6 Å². The summed E-state index contributed by atoms with van der Waals surface area (Å²) in [6.45, 7) is 9.06. The summed E-state index contributed by atoms with van der Waals surface area (Å²) in [7, 11) is 1.62. The van der Waals surface area contributed by atoms with Crippen LogP contribution in [0.5, 0.6) is 17.4 Å². The van der Waals surface area contributed by atoms with Crippen LogP contribution in [0, 0.1) is 6.92 Å². The maximum atomic E-state index is 14.3. The van der Waals surface area contributed by atoms with Crippen LogP contribution in [0.3, 0.4) is 0 Å². The van der Waals surface area contributed by atoms with E-state index >= 15 is 0 Å². The summed E-state index contributed by atoms with van der Waals surface area (Å²) in [6.07, 6.45) is -0.365. The lowest BCUT2D eigenvalue weighted by Crippen LogP contribution is -2.51. The Hall–Kier alpha value is -4.46. The van der Waals surface area contributed by atoms with Gasteiger partial charge in [-0.1, -0.05) is 36.4 Å². The maximum absolute atomic E-state index is 14.3. The zero-order valence-electron chi connectivity index (χ0n) is 23.6. The van der Waals surface area contributed by atoms with Crippen molar-refractivity contribution in [2.24, 2.45) is 0 Å². The van der Waals surface area contributed by atoms with Crippen LogP contribution < -0.4 is 9.47 Å². The molecular formula is C32H35N3O5. The van der Waals surface area contributed by atoms with Gasteiger partial charge in [0.15, 0.2) is 0 Å². The number of benzene rings is 3. The first-order valence-electron chi connectivity index (χ1n) is 13.4. The van der Waals surface area contributed by atoms with Gasteiger partial charge in [-0.05, 0) is 63.6 Å². The number of hydrogen-bond donors (Lipinski definition) is 0. The summed E-state index contributed by atoms with van der Waals surface area (Å²) >= 11 is 0. The molecule has 1 fully saturated rings. The second kappa shape index (κ2) is 11.0. The van der Waals surface area contributed by atoms with E-state index in [9.17, 15) is 9.59 Å². The quantitative estimate of drug-likeness (QED) is 0.291. The standard InChI is InChI=1S/C32H35N3O5/c1-22-11-9-10-14-27(22)39-30-28(29(36)33-17-19-34(20-18-33)31(37)40-32(2,3)4)25-16-15-24(38-5)21-26(25)35(30)23-12-7-6-8-13-23/h6-16,21H,17-20H2,1-5H3. The van der Waals surface area contributed by atoms with E-state index in [0.717, 1.165) is 22.2 Å². The summed E-state index contributed by atoms with van der Waals surface area (Å²) in [4.78, 5) is 30.3. The number of carbonyl (C=O) groups excluding carboxylic acids is 2. The second-order valence-corrected chi connectivity index (χ2v) is 10.9. The number of aromatic nitrogens is 1. The van der Waals surface area contributed by atoms with E-state index in [1.165, 1.54) is 0 Å². The van der Waals surface area contributed by atoms with Gasteiger partial charge in [0.25, 0.3) is 5.91 Å². The van der Waals surface area contributed by atoms with E-state index in [0.29, 0.717) is 49.1 Å². The van der Waals surface area contributed by atoms with Crippen molar-refractivity contribution in [1.82, 2.24) is 14.4 Å². The number of hydrogen-bond acceptors (Lipinski definition) is 5. The topological polar surface area (TPSA) is 73.2 Å². The highest BCUT2D eigenvalue weighted by atomic mass is 16.6. The number of piperazine rings is 1. The molecule has 2 amide bonds. The molecular weight excluding hydrogens is 506 g/mol. The predicted molar refractivity (Wildman–Crippen MR) is 155 cm³/mol. The molecule has 1 saturated heterocycles. The largest absolute Gasteiger partial charge is 0.497 e. The van der Waals surface area contributed by atoms with Gasteiger partial charge in [-0.2, -0.15) is 0 Å². The molecule has 8 nitrogen and oxygen atoms in total. The van der Waals surface area contributed by atoms with Crippen LogP contribution in [0.4, 0.5) is 4.79 Å². The fraction of sp³-hybridized carbons (Fsp3) is 0.312. The minimum absolute atomic E-state index is 0.155. The molecule has 0 atom stereocenters. The molecule has 1 aliphatic rings. The third kappa shape index (κ3) is 5.47. The molecule has 2 heterocycles. The van der Waals surface area contributed by atoms with Gasteiger partial charge in [-0.25, -0.2) is 4.79 Å². The molecule has 0 radical (unpaired) electrons. The number of carbonyl (C=O) groups is 2. The average Bonchev–Trinajstić information content (AvgIpc) is 3.26. The third-order valence-corrected chi connectivity index (χ3v) is 6.88. The first-order chi connectivity index (χ1) is 19.2. The summed E-state index contributed by atoms with van der Waals surface area (Å²) < 4.78 is 19.6. The molecule has 3 aromatic carbocycles. The van der Waals surface area contributed by atoms with Crippen molar-refractivity contribution < 1.29 is 23.8 Å². The van der Waals surface area contributed by atoms with Gasteiger partial charge >= 0.3 is 6.09 Å². The number of amides is 2. The van der Waals surface area contributed by atoms with Gasteiger partial charge in [-0.15, -0.1) is 0 Å². The molecule has 208 valence electrons. The van der Waals surface area contributed by atoms with Crippen LogP contribution in [-0.2, 0) is 4.74 Å². The van der Waals surface area contributed by atoms with Crippen LogP contribution in [-0.4, -0.2) is 65.3 Å². The van der Waals surface area contributed by atoms with E-state index < -0.39 is 5.60 Å². The van der Waals surface area contributed by atoms with Gasteiger partial charge in [0, 0.05) is 43.3 Å². The van der Waals surface area contributed by atoms with Crippen LogP contribution in [0.25, 0.3) is 16.6 Å². The fourth-order valence-electron chi connectivity index (χ4n) is 4.86. The number of fused-ring (bicyclic) bond motifs is 1. The number of ether oxygens (including phenoxy) is 3. The Morgan fingerprint density at radius 1 is 0.825 bits per heavy atom. The number of para-hydroxylation sites is 2. The molecule has 40 heavy (non-hydrogen) atoms. The number of aryl methyl sites for hydroxylation is 1. The lowest BCUT2D eigenvalue weighted by Gasteiger charge is -2.35. The van der Waals surface area contributed by atoms with E-state index in [4.69, 9.17) is 14.2 Å². The smallest absolute Gasteiger partial charge is 0.410 e. The third-order valence-electron chi connectivity index (χ3n) is 6.88. The zero-order valence-corrected chi connectivity index (χ0v) is 23.6. The van der Waals surface area contributed by atoms with E-state index in [1.54, 1.807) is 16.9 Å². The van der Waals surface area contributed by atoms with E-state index in [-0.39, 0.29) is 12.0 Å². The number of rotatable bonds is 5. The second-order valence-electron chi connectivity index (χ2n) is 10.9. The number of nitrogens with zero attached hydrogens (tertiary/aromatic N) is 3. The first kappa shape index (κ1) is 27.1. The lowest BCUT2D eigenvalue weighted by atomic mass is 10.1. The molecule has 1 aromatic heterocycles. The van der Waals surface area contributed by atoms with E-state index in [1.807, 2.05) is 105 Å². The molecule has 5 rings (SSSR count). The Morgan fingerprint density at radius 2 is 1.48 bits per heavy atom. The summed E-state index contributed by atoms with van der Waals surface area (Å²) in [6, 6.07) is 23.3. The fourth-order valence-corrected chi connectivity index (χ4v) is 4.86. The Balaban J connectivity index is 1.59. The molecule has 8 heteroatoms. The van der Waals surface area contributed by atoms with Crippen LogP contribution >= 0.6 is 0 Å². The monoisotopic (exact) mass is 541 g/mol. The summed E-state index contributed by atoms with van der Waals surface area (Å²) in [5, 5.41) is 0.757. The highest BCUT2D eigenvalue weighted by molar-refractivity contribution is 6.10. The van der Waals surface area contributed by atoms with Crippen molar-refractivity contribution >= 4 is 22.9 Å². The summed E-state index contributed by atoms with van der Waals surface area (Å²) in [5.74, 6) is 1.62.